The van der Waals surface area contributed by atoms with Gasteiger partial charge in [0, 0.05) is 23.7 Å². The van der Waals surface area contributed by atoms with E-state index in [0.29, 0.717) is 30.7 Å². The van der Waals surface area contributed by atoms with Crippen LogP contribution in [-0.2, 0) is 26.1 Å². The second kappa shape index (κ2) is 13.1. The molecule has 1 saturated heterocycles. The lowest BCUT2D eigenvalue weighted by Gasteiger charge is -2.39. The summed E-state index contributed by atoms with van der Waals surface area (Å²) in [5, 5.41) is 21.3. The number of aliphatic hydroxyl groups is 2. The van der Waals surface area contributed by atoms with Crippen molar-refractivity contribution >= 4 is 23.4 Å². The first-order valence-corrected chi connectivity index (χ1v) is 16.4. The molecule has 0 radical (unpaired) electrons. The van der Waals surface area contributed by atoms with Crippen LogP contribution in [0, 0.1) is 0 Å². The summed E-state index contributed by atoms with van der Waals surface area (Å²) in [6.07, 6.45) is 7.21. The Hall–Kier alpha value is -4.18. The minimum atomic E-state index is -2.19. The molecule has 0 bridgehead atoms. The van der Waals surface area contributed by atoms with Gasteiger partial charge < -0.3 is 25.4 Å². The average molecular weight is 639 g/mol. The van der Waals surface area contributed by atoms with Crippen LogP contribution in [0.3, 0.4) is 0 Å². The zero-order valence-electron chi connectivity index (χ0n) is 26.7. The topological polar surface area (TPSA) is 152 Å². The number of aryl methyl sites for hydroxylation is 1. The molecule has 0 spiro atoms. The maximum Gasteiger partial charge on any atom is 0.350 e. The number of rotatable bonds is 12. The predicted octanol–water partition coefficient (Wildman–Crippen LogP) is 5.08. The molecule has 47 heavy (non-hydrogen) atoms. The summed E-state index contributed by atoms with van der Waals surface area (Å²) in [5.74, 6) is -1.71. The molecule has 0 amide bonds. The first-order chi connectivity index (χ1) is 22.7. The molecule has 246 valence electrons. The third-order valence-electron chi connectivity index (χ3n) is 10.3. The quantitative estimate of drug-likeness (QED) is 0.107. The number of aromatic nitrogens is 1. The molecule has 3 aliphatic rings. The first kappa shape index (κ1) is 32.7. The van der Waals surface area contributed by atoms with Gasteiger partial charge in [-0.05, 0) is 73.3 Å². The SMILES string of the molecule is C/C(CC1(c2ccnc(N)c2)CCCCC1)=C(/CO)C[C@@]12O[C@]1(C(=O)OC[C@H](O)CCc1ccccc1)C(=O)c1ccccc1C2=O. The molecular weight excluding hydrogens is 596 g/mol. The van der Waals surface area contributed by atoms with E-state index in [1.807, 2.05) is 49.4 Å². The first-order valence-electron chi connectivity index (χ1n) is 16.4. The molecule has 3 aromatic rings. The highest BCUT2D eigenvalue weighted by atomic mass is 16.7. The van der Waals surface area contributed by atoms with Crippen molar-refractivity contribution in [3.05, 3.63) is 106 Å². The molecule has 2 aromatic carbocycles. The predicted molar refractivity (Wildman–Crippen MR) is 176 cm³/mol. The Morgan fingerprint density at radius 3 is 2.34 bits per heavy atom. The van der Waals surface area contributed by atoms with E-state index >= 15 is 0 Å². The Bertz CT molecular complexity index is 1700. The lowest BCUT2D eigenvalue weighted by Crippen LogP contribution is -2.51. The number of Topliss-reactive ketones (excluding diaryl/α,β-unsaturated/α-hetero) is 2. The third-order valence-corrected chi connectivity index (χ3v) is 10.3. The zero-order chi connectivity index (χ0) is 33.2. The number of aliphatic hydroxyl groups excluding tert-OH is 2. The summed E-state index contributed by atoms with van der Waals surface area (Å²) >= 11 is 0. The summed E-state index contributed by atoms with van der Waals surface area (Å²) in [4.78, 5) is 46.2. The molecule has 2 fully saturated rings. The smallest absolute Gasteiger partial charge is 0.350 e. The van der Waals surface area contributed by atoms with Crippen molar-refractivity contribution in [2.75, 3.05) is 18.9 Å². The maximum atomic E-state index is 14.2. The number of pyridine rings is 1. The van der Waals surface area contributed by atoms with Crippen LogP contribution in [0.25, 0.3) is 0 Å². The zero-order valence-corrected chi connectivity index (χ0v) is 26.7. The number of benzene rings is 2. The molecule has 4 N–H and O–H groups in total. The Kier molecular flexibility index (Phi) is 9.16. The molecule has 9 nitrogen and oxygen atoms in total. The molecule has 9 heteroatoms. The summed E-state index contributed by atoms with van der Waals surface area (Å²) in [6.45, 7) is 1.20. The van der Waals surface area contributed by atoms with Gasteiger partial charge in [0.15, 0.2) is 11.4 Å². The van der Waals surface area contributed by atoms with Gasteiger partial charge in [0.25, 0.3) is 5.60 Å². The van der Waals surface area contributed by atoms with Gasteiger partial charge >= 0.3 is 5.97 Å². The fraction of sp³-hybridized carbons (Fsp3) is 0.421. The average Bonchev–Trinajstić information content (AvgIpc) is 3.80. The Morgan fingerprint density at radius 1 is 0.979 bits per heavy atom. The standard InChI is InChI=1S/C38H42N2O7/c1-25(21-36(17-8-3-9-18-36)28-16-19-40-32(39)20-28)27(23-41)22-37-33(43)30-12-6-7-13-31(30)34(44)38(37,47-37)35(45)46-24-29(42)15-14-26-10-4-2-5-11-26/h2,4-7,10-13,16,19-20,29,41-42H,3,8-9,14-15,17-18,21-24H2,1H3,(H2,39,40)/b27-25-/t29-,37+,38+/m1/s1. The van der Waals surface area contributed by atoms with Crippen molar-refractivity contribution in [3.63, 3.8) is 0 Å². The van der Waals surface area contributed by atoms with Crippen molar-refractivity contribution in [2.45, 2.75) is 87.4 Å². The third kappa shape index (κ3) is 5.92. The number of carbonyl (C=O) groups excluding carboxylic acids is 3. The van der Waals surface area contributed by atoms with E-state index < -0.39 is 34.8 Å². The van der Waals surface area contributed by atoms with E-state index in [1.54, 1.807) is 24.4 Å². The number of esters is 1. The summed E-state index contributed by atoms with van der Waals surface area (Å²) in [6, 6.07) is 19.9. The second-order valence-electron chi connectivity index (χ2n) is 13.3. The number of epoxide rings is 1. The van der Waals surface area contributed by atoms with Gasteiger partial charge in [0.2, 0.25) is 5.78 Å². The van der Waals surface area contributed by atoms with Crippen molar-refractivity contribution in [2.24, 2.45) is 0 Å². The molecule has 2 heterocycles. The number of nitrogens with two attached hydrogens (primary N) is 1. The summed E-state index contributed by atoms with van der Waals surface area (Å²) in [5.41, 5.74) is 5.59. The lowest BCUT2D eigenvalue weighted by molar-refractivity contribution is -0.151. The van der Waals surface area contributed by atoms with Crippen molar-refractivity contribution in [3.8, 4) is 0 Å². The lowest BCUT2D eigenvalue weighted by atomic mass is 9.65. The Balaban J connectivity index is 1.28. The molecule has 2 aliphatic carbocycles. The second-order valence-corrected chi connectivity index (χ2v) is 13.3. The van der Waals surface area contributed by atoms with Crippen LogP contribution in [0.2, 0.25) is 0 Å². The van der Waals surface area contributed by atoms with Crippen LogP contribution in [0.1, 0.15) is 90.1 Å². The van der Waals surface area contributed by atoms with Gasteiger partial charge in [0.05, 0.1) is 12.7 Å². The normalized spacial score (nSPS) is 24.1. The minimum Gasteiger partial charge on any atom is -0.460 e. The summed E-state index contributed by atoms with van der Waals surface area (Å²) < 4.78 is 11.6. The Morgan fingerprint density at radius 2 is 1.66 bits per heavy atom. The van der Waals surface area contributed by atoms with Crippen LogP contribution in [0.5, 0.6) is 0 Å². The number of nitrogens with zero attached hydrogens (tertiary/aromatic N) is 1. The number of nitrogen functional groups attached to an aromatic ring is 1. The molecule has 6 rings (SSSR count). The van der Waals surface area contributed by atoms with Gasteiger partial charge in [-0.25, -0.2) is 9.78 Å². The van der Waals surface area contributed by atoms with E-state index in [-0.39, 0.29) is 36.2 Å². The number of fused-ring (bicyclic) bond motifs is 2. The van der Waals surface area contributed by atoms with Crippen molar-refractivity contribution < 1.29 is 34.1 Å². The highest BCUT2D eigenvalue weighted by Crippen LogP contribution is 2.59. The number of allylic oxidation sites excluding steroid dienone is 1. The largest absolute Gasteiger partial charge is 0.460 e. The van der Waals surface area contributed by atoms with Crippen molar-refractivity contribution in [1.29, 1.82) is 0 Å². The van der Waals surface area contributed by atoms with Crippen LogP contribution in [0.15, 0.2) is 84.1 Å². The molecule has 1 aliphatic heterocycles. The number of hydrogen-bond acceptors (Lipinski definition) is 9. The van der Waals surface area contributed by atoms with Gasteiger partial charge in [-0.2, -0.15) is 0 Å². The highest BCUT2D eigenvalue weighted by Gasteiger charge is 2.85. The number of carbonyl (C=O) groups is 3. The highest BCUT2D eigenvalue weighted by molar-refractivity contribution is 6.32. The van der Waals surface area contributed by atoms with E-state index in [2.05, 4.69) is 4.98 Å². The van der Waals surface area contributed by atoms with E-state index in [9.17, 15) is 24.6 Å². The molecular formula is C38H42N2O7. The summed E-state index contributed by atoms with van der Waals surface area (Å²) in [7, 11) is 0. The van der Waals surface area contributed by atoms with Crippen LogP contribution in [0.4, 0.5) is 5.82 Å². The van der Waals surface area contributed by atoms with E-state index in [4.69, 9.17) is 15.2 Å². The van der Waals surface area contributed by atoms with Gasteiger partial charge in [-0.3, -0.25) is 9.59 Å². The minimum absolute atomic E-state index is 0.0925. The molecule has 1 saturated carbocycles. The maximum absolute atomic E-state index is 14.2. The number of ketones is 2. The molecule has 0 unspecified atom stereocenters. The van der Waals surface area contributed by atoms with E-state index in [0.717, 1.165) is 48.8 Å². The Labute approximate surface area is 274 Å². The van der Waals surface area contributed by atoms with Gasteiger partial charge in [-0.15, -0.1) is 0 Å². The van der Waals surface area contributed by atoms with Crippen LogP contribution < -0.4 is 5.73 Å². The number of hydrogen-bond donors (Lipinski definition) is 3. The fourth-order valence-corrected chi connectivity index (χ4v) is 7.68. The van der Waals surface area contributed by atoms with Crippen LogP contribution >= 0.6 is 0 Å². The molecule has 1 aromatic heterocycles. The van der Waals surface area contributed by atoms with Crippen molar-refractivity contribution in [1.82, 2.24) is 4.98 Å². The fourth-order valence-electron chi connectivity index (χ4n) is 7.68. The monoisotopic (exact) mass is 638 g/mol. The number of ether oxygens (including phenoxy) is 2. The van der Waals surface area contributed by atoms with E-state index in [1.165, 1.54) is 6.07 Å². The molecule has 3 atom stereocenters. The van der Waals surface area contributed by atoms with Gasteiger partial charge in [-0.1, -0.05) is 79.4 Å². The number of anilines is 1. The van der Waals surface area contributed by atoms with Crippen LogP contribution in [-0.4, -0.2) is 63.3 Å². The van der Waals surface area contributed by atoms with Gasteiger partial charge in [0.1, 0.15) is 12.4 Å².